The van der Waals surface area contributed by atoms with E-state index in [9.17, 15) is 9.67 Å². The second-order valence-corrected chi connectivity index (χ2v) is 14.5. The van der Waals surface area contributed by atoms with E-state index in [2.05, 4.69) is 21.9 Å². The van der Waals surface area contributed by atoms with Crippen LogP contribution in [0.1, 0.15) is 115 Å². The first-order valence-corrected chi connectivity index (χ1v) is 19.9. The molecule has 2 atom stereocenters. The fourth-order valence-corrected chi connectivity index (χ4v) is 6.88. The van der Waals surface area contributed by atoms with E-state index in [1.807, 2.05) is 30.3 Å². The van der Waals surface area contributed by atoms with Crippen LogP contribution in [0.3, 0.4) is 0 Å². The number of nitrogens with two attached hydrogens (primary N) is 1. The number of unbranched alkanes of at least 4 members (excludes halogenated alkanes) is 15. The average molecular weight is 690 g/mol. The number of ether oxygens (including phenoxy) is 2. The molecule has 0 aliphatic heterocycles. The van der Waals surface area contributed by atoms with Crippen molar-refractivity contribution in [3.05, 3.63) is 48.5 Å². The number of benzene rings is 1. The molecule has 270 valence electrons. The Labute approximate surface area is 287 Å². The van der Waals surface area contributed by atoms with E-state index in [1.165, 1.54) is 96.2 Å². The molecule has 11 nitrogen and oxygen atoms in total. The van der Waals surface area contributed by atoms with Gasteiger partial charge >= 0.3 is 7.60 Å². The Balaban J connectivity index is 1.27. The van der Waals surface area contributed by atoms with Crippen molar-refractivity contribution in [3.63, 3.8) is 0 Å². The van der Waals surface area contributed by atoms with Crippen molar-refractivity contribution in [1.82, 2.24) is 19.5 Å². The summed E-state index contributed by atoms with van der Waals surface area (Å²) in [5.41, 5.74) is 7.73. The van der Waals surface area contributed by atoms with Crippen molar-refractivity contribution < 1.29 is 28.2 Å². The minimum atomic E-state index is -3.68. The third-order valence-corrected chi connectivity index (χ3v) is 9.99. The van der Waals surface area contributed by atoms with Gasteiger partial charge in [0.2, 0.25) is 0 Å². The Morgan fingerprint density at radius 3 is 2.04 bits per heavy atom. The third-order valence-electron chi connectivity index (χ3n) is 8.43. The molecule has 0 bridgehead atoms. The van der Waals surface area contributed by atoms with Gasteiger partial charge in [0, 0.05) is 6.61 Å². The van der Waals surface area contributed by atoms with Gasteiger partial charge in [-0.25, -0.2) is 15.0 Å². The molecule has 0 saturated heterocycles. The van der Waals surface area contributed by atoms with E-state index in [4.69, 9.17) is 24.3 Å². The third kappa shape index (κ3) is 16.3. The van der Waals surface area contributed by atoms with Crippen molar-refractivity contribution in [2.75, 3.05) is 38.5 Å². The molecular formula is C36H60N5O6P. The summed E-state index contributed by atoms with van der Waals surface area (Å²) in [5.74, 6) is 0.268. The van der Waals surface area contributed by atoms with Crippen molar-refractivity contribution in [1.29, 1.82) is 0 Å². The van der Waals surface area contributed by atoms with Crippen molar-refractivity contribution in [2.24, 2.45) is 0 Å². The van der Waals surface area contributed by atoms with Gasteiger partial charge in [0.25, 0.3) is 0 Å². The number of nitrogens with zero attached hydrogens (tertiary/aromatic N) is 4. The maximum atomic E-state index is 13.7. The summed E-state index contributed by atoms with van der Waals surface area (Å²) < 4.78 is 38.6. The van der Waals surface area contributed by atoms with Crippen LogP contribution in [-0.2, 0) is 36.2 Å². The molecule has 0 unspecified atom stereocenters. The van der Waals surface area contributed by atoms with Crippen LogP contribution in [0.15, 0.2) is 43.0 Å². The lowest BCUT2D eigenvalue weighted by Gasteiger charge is -2.22. The van der Waals surface area contributed by atoms with E-state index < -0.39 is 13.7 Å². The molecule has 0 saturated carbocycles. The summed E-state index contributed by atoms with van der Waals surface area (Å²) in [5, 5.41) is 10.00. The van der Waals surface area contributed by atoms with Gasteiger partial charge in [0.1, 0.15) is 18.2 Å². The van der Waals surface area contributed by atoms with Gasteiger partial charge in [-0.15, -0.1) is 0 Å². The lowest BCUT2D eigenvalue weighted by Crippen LogP contribution is -2.25. The fourth-order valence-electron chi connectivity index (χ4n) is 5.56. The largest absolute Gasteiger partial charge is 0.394 e. The molecule has 0 fully saturated rings. The highest BCUT2D eigenvalue weighted by molar-refractivity contribution is 7.53. The molecule has 3 rings (SSSR count). The molecule has 3 aromatic rings. The Bertz CT molecular complexity index is 1280. The second kappa shape index (κ2) is 24.7. The topological polar surface area (TPSA) is 144 Å². The molecule has 3 N–H and O–H groups in total. The number of fused-ring (bicyclic) bond motifs is 1. The first-order chi connectivity index (χ1) is 23.5. The molecule has 1 aromatic carbocycles. The van der Waals surface area contributed by atoms with Crippen LogP contribution in [0.2, 0.25) is 0 Å². The summed E-state index contributed by atoms with van der Waals surface area (Å²) in [6.07, 6.45) is 23.2. The number of hydrogen-bond acceptors (Lipinski definition) is 10. The summed E-state index contributed by atoms with van der Waals surface area (Å²) in [7, 11) is -3.68. The monoisotopic (exact) mass is 689 g/mol. The highest BCUT2D eigenvalue weighted by Crippen LogP contribution is 2.49. The number of aliphatic hydroxyl groups excluding tert-OH is 1. The number of nitrogen functional groups attached to an aromatic ring is 1. The van der Waals surface area contributed by atoms with Gasteiger partial charge in [0.05, 0.1) is 45.4 Å². The molecule has 2 aromatic heterocycles. The zero-order valence-corrected chi connectivity index (χ0v) is 30.1. The van der Waals surface area contributed by atoms with Gasteiger partial charge in [-0.1, -0.05) is 134 Å². The zero-order valence-electron chi connectivity index (χ0n) is 29.2. The average Bonchev–Trinajstić information content (AvgIpc) is 3.52. The number of rotatable bonds is 30. The van der Waals surface area contributed by atoms with Crippen LogP contribution >= 0.6 is 7.60 Å². The van der Waals surface area contributed by atoms with Gasteiger partial charge in [0.15, 0.2) is 11.5 Å². The van der Waals surface area contributed by atoms with Crippen LogP contribution in [0.4, 0.5) is 5.82 Å². The first-order valence-electron chi connectivity index (χ1n) is 18.2. The predicted molar refractivity (Wildman–Crippen MR) is 192 cm³/mol. The summed E-state index contributed by atoms with van der Waals surface area (Å²) in [6, 6.07) is 9.47. The fraction of sp³-hybridized carbons (Fsp3) is 0.694. The lowest BCUT2D eigenvalue weighted by molar-refractivity contribution is 0.0124. The predicted octanol–water partition coefficient (Wildman–Crippen LogP) is 8.45. The molecule has 0 aliphatic rings. The smallest absolute Gasteiger partial charge is 0.356 e. The number of hydrogen-bond donors (Lipinski definition) is 2. The first kappa shape index (κ1) is 40.0. The molecule has 0 spiro atoms. The minimum Gasteiger partial charge on any atom is -0.394 e. The Hall–Kier alpha value is -2.40. The number of aliphatic hydroxyl groups is 1. The lowest BCUT2D eigenvalue weighted by atomic mass is 10.0. The summed E-state index contributed by atoms with van der Waals surface area (Å²) in [4.78, 5) is 12.4. The number of aromatic nitrogens is 4. The molecule has 2 heterocycles. The van der Waals surface area contributed by atoms with Gasteiger partial charge < -0.3 is 33.9 Å². The summed E-state index contributed by atoms with van der Waals surface area (Å²) >= 11 is 0. The molecule has 12 heteroatoms. The number of anilines is 1. The van der Waals surface area contributed by atoms with E-state index in [0.29, 0.717) is 24.4 Å². The Morgan fingerprint density at radius 2 is 1.42 bits per heavy atom. The van der Waals surface area contributed by atoms with Gasteiger partial charge in [-0.3, -0.25) is 4.57 Å². The normalized spacial score (nSPS) is 13.6. The van der Waals surface area contributed by atoms with Gasteiger partial charge in [-0.2, -0.15) is 0 Å². The van der Waals surface area contributed by atoms with E-state index in [0.717, 1.165) is 18.4 Å². The highest BCUT2D eigenvalue weighted by Gasteiger charge is 2.28. The van der Waals surface area contributed by atoms with Crippen LogP contribution in [-0.4, -0.2) is 63.5 Å². The van der Waals surface area contributed by atoms with Crippen molar-refractivity contribution in [3.8, 4) is 0 Å². The summed E-state index contributed by atoms with van der Waals surface area (Å²) in [6.45, 7) is 3.34. The standard InChI is InChI=1S/C36H60N5O6P/c1-2-3-4-5-6-7-8-9-10-11-12-13-14-15-16-20-23-44-24-25-46-48(43,47-28-32-21-18-17-19-22-32)31-45-33(27-42)26-41-30-40-34-35(37)38-29-39-36(34)41/h17-19,21-22,29-30,33,42H,2-16,20,23-28,31H2,1H3,(H2,37,38,39)/t33-,48-/m1/s1. The van der Waals surface area contributed by atoms with E-state index >= 15 is 0 Å². The highest BCUT2D eigenvalue weighted by atomic mass is 31.2. The van der Waals surface area contributed by atoms with Crippen LogP contribution < -0.4 is 5.73 Å². The maximum absolute atomic E-state index is 13.7. The van der Waals surface area contributed by atoms with Crippen LogP contribution in [0.25, 0.3) is 11.2 Å². The number of imidazole rings is 1. The Morgan fingerprint density at radius 1 is 0.792 bits per heavy atom. The van der Waals surface area contributed by atoms with Crippen LogP contribution in [0, 0.1) is 0 Å². The van der Waals surface area contributed by atoms with E-state index in [-0.39, 0.29) is 38.5 Å². The Kier molecular flexibility index (Phi) is 20.6. The molecule has 0 radical (unpaired) electrons. The maximum Gasteiger partial charge on any atom is 0.356 e. The van der Waals surface area contributed by atoms with E-state index in [1.54, 1.807) is 10.9 Å². The van der Waals surface area contributed by atoms with Crippen LogP contribution in [0.5, 0.6) is 0 Å². The molecular weight excluding hydrogens is 629 g/mol. The molecule has 48 heavy (non-hydrogen) atoms. The quantitative estimate of drug-likeness (QED) is 0.0517. The SMILES string of the molecule is CCCCCCCCCCCCCCCCCCOCCO[P@](=O)(CO[C@@H](CO)Cn1cnc2c(N)ncnc21)OCc1ccccc1. The van der Waals surface area contributed by atoms with Gasteiger partial charge in [-0.05, 0) is 12.0 Å². The zero-order chi connectivity index (χ0) is 34.1. The molecule has 0 aliphatic carbocycles. The minimum absolute atomic E-state index is 0.105. The molecule has 0 amide bonds. The van der Waals surface area contributed by atoms with Crippen molar-refractivity contribution in [2.45, 2.75) is 129 Å². The van der Waals surface area contributed by atoms with Crippen molar-refractivity contribution >= 4 is 24.6 Å². The second-order valence-electron chi connectivity index (χ2n) is 12.5.